The Balaban J connectivity index is 1.28. The van der Waals surface area contributed by atoms with Crippen LogP contribution < -0.4 is 21.1 Å². The van der Waals surface area contributed by atoms with E-state index in [-0.39, 0.29) is 17.9 Å². The molecular weight excluding hydrogens is 408 g/mol. The van der Waals surface area contributed by atoms with Gasteiger partial charge < -0.3 is 15.1 Å². The van der Waals surface area contributed by atoms with Crippen molar-refractivity contribution in [2.24, 2.45) is 5.92 Å². The summed E-state index contributed by atoms with van der Waals surface area (Å²) in [7, 11) is 0. The molecule has 0 spiro atoms. The Labute approximate surface area is 186 Å². The fourth-order valence-electron chi connectivity index (χ4n) is 5.12. The van der Waals surface area contributed by atoms with Crippen molar-refractivity contribution in [3.8, 4) is 0 Å². The molecule has 2 N–H and O–H groups in total. The second kappa shape index (κ2) is 8.99. The predicted octanol–water partition coefficient (Wildman–Crippen LogP) is 0.496. The number of nitrogens with zero attached hydrogens (tertiary/aromatic N) is 4. The average Bonchev–Trinajstić information content (AvgIpc) is 2.81. The highest BCUT2D eigenvalue weighted by molar-refractivity contribution is 5.99. The number of amides is 2. The standard InChI is InChI=1S/C23H30N6O3/c30-21-4-3-20(22(31)26-21)29-23(32)19-2-1-18(13-17(19)14-25-29)28-9-5-16(6-10-28)15-27-11-7-24-8-12-27/h1-2,13-14,16,20,24H,3-12,15H2,(H,26,30,31). The molecule has 2 amide bonds. The maximum absolute atomic E-state index is 13.0. The molecule has 0 radical (unpaired) electrons. The van der Waals surface area contributed by atoms with Crippen molar-refractivity contribution in [1.29, 1.82) is 0 Å². The number of benzene rings is 1. The minimum Gasteiger partial charge on any atom is -0.371 e. The summed E-state index contributed by atoms with van der Waals surface area (Å²) in [6.07, 6.45) is 4.52. The number of nitrogens with one attached hydrogen (secondary N) is 2. The van der Waals surface area contributed by atoms with E-state index in [1.807, 2.05) is 18.2 Å². The molecule has 2 aromatic rings. The molecule has 9 nitrogen and oxygen atoms in total. The largest absolute Gasteiger partial charge is 0.371 e. The molecule has 170 valence electrons. The molecule has 3 aliphatic heterocycles. The minimum atomic E-state index is -0.737. The molecular formula is C23H30N6O3. The number of piperidine rings is 2. The first-order valence-electron chi connectivity index (χ1n) is 11.6. The Kier molecular flexibility index (Phi) is 5.93. The highest BCUT2D eigenvalue weighted by Crippen LogP contribution is 2.26. The summed E-state index contributed by atoms with van der Waals surface area (Å²) < 4.78 is 1.21. The number of hydrogen-bond donors (Lipinski definition) is 2. The fraction of sp³-hybridized carbons (Fsp3) is 0.565. The first kappa shape index (κ1) is 21.1. The van der Waals surface area contributed by atoms with E-state index in [0.717, 1.165) is 56.3 Å². The third-order valence-electron chi connectivity index (χ3n) is 7.01. The van der Waals surface area contributed by atoms with Crippen LogP contribution in [-0.2, 0) is 9.59 Å². The lowest BCUT2D eigenvalue weighted by molar-refractivity contribution is -0.136. The highest BCUT2D eigenvalue weighted by atomic mass is 16.2. The number of fused-ring (bicyclic) bond motifs is 1. The third-order valence-corrected chi connectivity index (χ3v) is 7.01. The number of piperazine rings is 1. The SMILES string of the molecule is O=C1CCC(n2ncc3cc(N4CCC(CN5CCNCC5)CC4)ccc3c2=O)C(=O)N1. The number of rotatable bonds is 4. The van der Waals surface area contributed by atoms with Gasteiger partial charge >= 0.3 is 0 Å². The maximum atomic E-state index is 13.0. The molecule has 3 fully saturated rings. The molecule has 1 unspecified atom stereocenters. The van der Waals surface area contributed by atoms with Crippen LogP contribution in [-0.4, -0.2) is 72.3 Å². The van der Waals surface area contributed by atoms with Gasteiger partial charge in [0.1, 0.15) is 6.04 Å². The van der Waals surface area contributed by atoms with E-state index in [9.17, 15) is 14.4 Å². The van der Waals surface area contributed by atoms with Crippen LogP contribution in [0.3, 0.4) is 0 Å². The van der Waals surface area contributed by atoms with Gasteiger partial charge in [0.15, 0.2) is 0 Å². The number of carbonyl (C=O) groups excluding carboxylic acids is 2. The van der Waals surface area contributed by atoms with Gasteiger partial charge in [0.25, 0.3) is 11.5 Å². The van der Waals surface area contributed by atoms with Gasteiger partial charge in [-0.05, 0) is 43.4 Å². The molecule has 3 saturated heterocycles. The zero-order chi connectivity index (χ0) is 22.1. The van der Waals surface area contributed by atoms with Crippen LogP contribution in [0.15, 0.2) is 29.2 Å². The predicted molar refractivity (Wildman–Crippen MR) is 122 cm³/mol. The van der Waals surface area contributed by atoms with Crippen molar-refractivity contribution >= 4 is 28.3 Å². The van der Waals surface area contributed by atoms with E-state index >= 15 is 0 Å². The Morgan fingerprint density at radius 1 is 1.00 bits per heavy atom. The van der Waals surface area contributed by atoms with Gasteiger partial charge in [-0.3, -0.25) is 19.7 Å². The number of hydrogen-bond acceptors (Lipinski definition) is 7. The number of aromatic nitrogens is 2. The second-order valence-electron chi connectivity index (χ2n) is 9.11. The maximum Gasteiger partial charge on any atom is 0.275 e. The van der Waals surface area contributed by atoms with Gasteiger partial charge in [-0.1, -0.05) is 0 Å². The van der Waals surface area contributed by atoms with Crippen LogP contribution in [0.2, 0.25) is 0 Å². The molecule has 0 bridgehead atoms. The van der Waals surface area contributed by atoms with Crippen molar-refractivity contribution in [2.75, 3.05) is 50.7 Å². The van der Waals surface area contributed by atoms with Gasteiger partial charge in [-0.15, -0.1) is 0 Å². The summed E-state index contributed by atoms with van der Waals surface area (Å²) in [6, 6.07) is 5.12. The number of anilines is 1. The molecule has 0 saturated carbocycles. The van der Waals surface area contributed by atoms with E-state index < -0.39 is 11.9 Å². The molecule has 0 aliphatic carbocycles. The highest BCUT2D eigenvalue weighted by Gasteiger charge is 2.30. The van der Waals surface area contributed by atoms with Gasteiger partial charge in [0.2, 0.25) is 5.91 Å². The summed E-state index contributed by atoms with van der Waals surface area (Å²) in [4.78, 5) is 41.5. The van der Waals surface area contributed by atoms with Gasteiger partial charge in [-0.2, -0.15) is 5.10 Å². The fourth-order valence-corrected chi connectivity index (χ4v) is 5.12. The van der Waals surface area contributed by atoms with E-state index in [1.165, 1.54) is 24.1 Å². The Morgan fingerprint density at radius 3 is 2.53 bits per heavy atom. The van der Waals surface area contributed by atoms with Crippen LogP contribution in [0.1, 0.15) is 31.7 Å². The molecule has 1 atom stereocenters. The minimum absolute atomic E-state index is 0.214. The molecule has 9 heteroatoms. The average molecular weight is 439 g/mol. The molecule has 5 rings (SSSR count). The Bertz CT molecular complexity index is 1070. The van der Waals surface area contributed by atoms with Crippen molar-refractivity contribution < 1.29 is 9.59 Å². The molecule has 3 aliphatic rings. The lowest BCUT2D eigenvalue weighted by Crippen LogP contribution is -2.46. The summed E-state index contributed by atoms with van der Waals surface area (Å²) in [5.74, 6) is -0.0239. The van der Waals surface area contributed by atoms with E-state index in [4.69, 9.17) is 0 Å². The molecule has 1 aromatic carbocycles. The van der Waals surface area contributed by atoms with Crippen LogP contribution in [0, 0.1) is 5.92 Å². The quantitative estimate of drug-likeness (QED) is 0.671. The summed E-state index contributed by atoms with van der Waals surface area (Å²) in [5.41, 5.74) is 0.816. The van der Waals surface area contributed by atoms with E-state index in [0.29, 0.717) is 11.8 Å². The lowest BCUT2D eigenvalue weighted by atomic mass is 9.95. The lowest BCUT2D eigenvalue weighted by Gasteiger charge is -2.37. The second-order valence-corrected chi connectivity index (χ2v) is 9.11. The zero-order valence-electron chi connectivity index (χ0n) is 18.3. The van der Waals surface area contributed by atoms with Crippen molar-refractivity contribution in [3.63, 3.8) is 0 Å². The van der Waals surface area contributed by atoms with Gasteiger partial charge in [0, 0.05) is 63.3 Å². The zero-order valence-corrected chi connectivity index (χ0v) is 18.3. The monoisotopic (exact) mass is 438 g/mol. The van der Waals surface area contributed by atoms with Crippen LogP contribution >= 0.6 is 0 Å². The first-order valence-corrected chi connectivity index (χ1v) is 11.6. The van der Waals surface area contributed by atoms with Crippen molar-refractivity contribution in [3.05, 3.63) is 34.7 Å². The van der Waals surface area contributed by atoms with Crippen LogP contribution in [0.4, 0.5) is 5.69 Å². The van der Waals surface area contributed by atoms with Gasteiger partial charge in [-0.25, -0.2) is 4.68 Å². The van der Waals surface area contributed by atoms with Crippen molar-refractivity contribution in [1.82, 2.24) is 25.3 Å². The van der Waals surface area contributed by atoms with E-state index in [2.05, 4.69) is 25.5 Å². The topological polar surface area (TPSA) is 99.6 Å². The summed E-state index contributed by atoms with van der Waals surface area (Å²) >= 11 is 0. The summed E-state index contributed by atoms with van der Waals surface area (Å²) in [6.45, 7) is 7.70. The molecule has 4 heterocycles. The summed E-state index contributed by atoms with van der Waals surface area (Å²) in [5, 5.41) is 11.3. The van der Waals surface area contributed by atoms with Crippen molar-refractivity contribution in [2.45, 2.75) is 31.7 Å². The number of carbonyl (C=O) groups is 2. The normalized spacial score (nSPS) is 23.5. The third kappa shape index (κ3) is 4.27. The first-order chi connectivity index (χ1) is 15.6. The smallest absolute Gasteiger partial charge is 0.275 e. The van der Waals surface area contributed by atoms with Gasteiger partial charge in [0.05, 0.1) is 11.6 Å². The Hall–Kier alpha value is -2.78. The van der Waals surface area contributed by atoms with Crippen LogP contribution in [0.5, 0.6) is 0 Å². The molecule has 32 heavy (non-hydrogen) atoms. The molecule has 1 aromatic heterocycles. The van der Waals surface area contributed by atoms with Crippen LogP contribution in [0.25, 0.3) is 10.8 Å². The Morgan fingerprint density at radius 2 is 1.78 bits per heavy atom. The van der Waals surface area contributed by atoms with E-state index in [1.54, 1.807) is 6.20 Å². The number of imide groups is 1.